The minimum atomic E-state index is 0.202. The molecule has 0 spiro atoms. The minimum absolute atomic E-state index is 0.202. The van der Waals surface area contributed by atoms with Crippen molar-refractivity contribution in [1.29, 1.82) is 5.26 Å². The lowest BCUT2D eigenvalue weighted by Gasteiger charge is -2.25. The maximum absolute atomic E-state index is 8.74. The predicted molar refractivity (Wildman–Crippen MR) is 79.0 cm³/mol. The first-order valence-corrected chi connectivity index (χ1v) is 6.93. The molecule has 0 aliphatic carbocycles. The Labute approximate surface area is 116 Å². The van der Waals surface area contributed by atoms with Crippen LogP contribution in [0.1, 0.15) is 45.3 Å². The summed E-state index contributed by atoms with van der Waals surface area (Å²) in [4.78, 5) is 6.64. The fraction of sp³-hybridized carbons (Fsp3) is 0.600. The highest BCUT2D eigenvalue weighted by molar-refractivity contribution is 5.45. The molecule has 0 saturated carbocycles. The van der Waals surface area contributed by atoms with Gasteiger partial charge in [-0.25, -0.2) is 0 Å². The van der Waals surface area contributed by atoms with Gasteiger partial charge in [0.05, 0.1) is 30.1 Å². The molecule has 4 nitrogen and oxygen atoms in total. The number of rotatable bonds is 7. The Hall–Kier alpha value is -1.60. The Balaban J connectivity index is 2.78. The summed E-state index contributed by atoms with van der Waals surface area (Å²) in [5.74, 6) is 0. The van der Waals surface area contributed by atoms with Gasteiger partial charge in [-0.1, -0.05) is 13.8 Å². The Kier molecular flexibility index (Phi) is 6.31. The van der Waals surface area contributed by atoms with Crippen molar-refractivity contribution in [2.45, 2.75) is 45.7 Å². The fourth-order valence-corrected chi connectivity index (χ4v) is 2.04. The SMILES string of the molecule is CCNC(CC)c1ccc(N(C)C(C)CC#N)cn1. The molecule has 0 radical (unpaired) electrons. The number of hydrogen-bond donors (Lipinski definition) is 1. The van der Waals surface area contributed by atoms with E-state index in [4.69, 9.17) is 5.26 Å². The van der Waals surface area contributed by atoms with Gasteiger partial charge in [0.2, 0.25) is 0 Å². The average molecular weight is 260 g/mol. The van der Waals surface area contributed by atoms with E-state index in [2.05, 4.69) is 47.3 Å². The molecule has 0 aliphatic heterocycles. The molecule has 1 aromatic rings. The number of nitriles is 1. The van der Waals surface area contributed by atoms with Gasteiger partial charge in [-0.2, -0.15) is 5.26 Å². The maximum Gasteiger partial charge on any atom is 0.0643 e. The van der Waals surface area contributed by atoms with Gasteiger partial charge >= 0.3 is 0 Å². The zero-order valence-electron chi connectivity index (χ0n) is 12.3. The van der Waals surface area contributed by atoms with Crippen molar-refractivity contribution in [3.8, 4) is 6.07 Å². The van der Waals surface area contributed by atoms with Crippen LogP contribution in [-0.2, 0) is 0 Å². The van der Waals surface area contributed by atoms with Crippen molar-refractivity contribution in [2.24, 2.45) is 0 Å². The van der Waals surface area contributed by atoms with Crippen LogP contribution in [0.2, 0.25) is 0 Å². The molecule has 1 N–H and O–H groups in total. The molecule has 1 rings (SSSR count). The van der Waals surface area contributed by atoms with E-state index >= 15 is 0 Å². The van der Waals surface area contributed by atoms with Crippen LogP contribution in [0.4, 0.5) is 5.69 Å². The third kappa shape index (κ3) is 4.22. The lowest BCUT2D eigenvalue weighted by Crippen LogP contribution is -2.28. The highest BCUT2D eigenvalue weighted by Crippen LogP contribution is 2.19. The highest BCUT2D eigenvalue weighted by Gasteiger charge is 2.12. The molecule has 0 fully saturated rings. The van der Waals surface area contributed by atoms with Gasteiger partial charge in [0.1, 0.15) is 0 Å². The predicted octanol–water partition coefficient (Wildman–Crippen LogP) is 2.88. The first-order valence-electron chi connectivity index (χ1n) is 6.93. The van der Waals surface area contributed by atoms with Gasteiger partial charge < -0.3 is 10.2 Å². The summed E-state index contributed by atoms with van der Waals surface area (Å²) >= 11 is 0. The summed E-state index contributed by atoms with van der Waals surface area (Å²) in [6, 6.07) is 6.87. The molecule has 1 aromatic heterocycles. The zero-order valence-corrected chi connectivity index (χ0v) is 12.3. The molecule has 2 unspecified atom stereocenters. The van der Waals surface area contributed by atoms with Crippen LogP contribution in [0.25, 0.3) is 0 Å². The summed E-state index contributed by atoms with van der Waals surface area (Å²) in [5.41, 5.74) is 2.13. The number of pyridine rings is 1. The van der Waals surface area contributed by atoms with Crippen molar-refractivity contribution in [1.82, 2.24) is 10.3 Å². The maximum atomic E-state index is 8.74. The number of aromatic nitrogens is 1. The number of anilines is 1. The molecule has 0 aliphatic rings. The van der Waals surface area contributed by atoms with E-state index < -0.39 is 0 Å². The summed E-state index contributed by atoms with van der Waals surface area (Å²) < 4.78 is 0. The van der Waals surface area contributed by atoms with Crippen LogP contribution in [0, 0.1) is 11.3 Å². The zero-order chi connectivity index (χ0) is 14.3. The van der Waals surface area contributed by atoms with E-state index in [1.165, 1.54) is 0 Å². The van der Waals surface area contributed by atoms with Crippen molar-refractivity contribution < 1.29 is 0 Å². The van der Waals surface area contributed by atoms with Gasteiger partial charge in [0.25, 0.3) is 0 Å². The molecule has 0 bridgehead atoms. The summed E-state index contributed by atoms with van der Waals surface area (Å²) in [7, 11) is 2.00. The Bertz CT molecular complexity index is 407. The lowest BCUT2D eigenvalue weighted by molar-refractivity contribution is 0.524. The molecule has 1 heterocycles. The van der Waals surface area contributed by atoms with Gasteiger partial charge in [0, 0.05) is 19.1 Å². The van der Waals surface area contributed by atoms with Crippen LogP contribution in [0.15, 0.2) is 18.3 Å². The monoisotopic (exact) mass is 260 g/mol. The fourth-order valence-electron chi connectivity index (χ4n) is 2.04. The van der Waals surface area contributed by atoms with Crippen LogP contribution in [-0.4, -0.2) is 24.6 Å². The van der Waals surface area contributed by atoms with Crippen molar-refractivity contribution >= 4 is 5.69 Å². The van der Waals surface area contributed by atoms with E-state index in [-0.39, 0.29) is 6.04 Å². The summed E-state index contributed by atoms with van der Waals surface area (Å²) in [5, 5.41) is 12.2. The lowest BCUT2D eigenvalue weighted by atomic mass is 10.1. The third-order valence-electron chi connectivity index (χ3n) is 3.44. The van der Waals surface area contributed by atoms with E-state index in [1.807, 2.05) is 20.2 Å². The number of nitrogens with zero attached hydrogens (tertiary/aromatic N) is 3. The van der Waals surface area contributed by atoms with Gasteiger partial charge in [-0.3, -0.25) is 4.98 Å². The van der Waals surface area contributed by atoms with Gasteiger partial charge in [0.15, 0.2) is 0 Å². The average Bonchev–Trinajstić information content (AvgIpc) is 2.44. The normalized spacial score (nSPS) is 13.6. The van der Waals surface area contributed by atoms with Crippen LogP contribution < -0.4 is 10.2 Å². The topological polar surface area (TPSA) is 52.0 Å². The third-order valence-corrected chi connectivity index (χ3v) is 3.44. The molecule has 104 valence electrons. The minimum Gasteiger partial charge on any atom is -0.370 e. The van der Waals surface area contributed by atoms with Gasteiger partial charge in [-0.15, -0.1) is 0 Å². The van der Waals surface area contributed by atoms with Gasteiger partial charge in [-0.05, 0) is 32.0 Å². The molecule has 2 atom stereocenters. The van der Waals surface area contributed by atoms with E-state index in [0.29, 0.717) is 12.5 Å². The van der Waals surface area contributed by atoms with Crippen molar-refractivity contribution in [3.05, 3.63) is 24.0 Å². The smallest absolute Gasteiger partial charge is 0.0643 e. The largest absolute Gasteiger partial charge is 0.370 e. The second-order valence-corrected chi connectivity index (χ2v) is 4.78. The summed E-state index contributed by atoms with van der Waals surface area (Å²) in [6.45, 7) is 7.25. The molecular weight excluding hydrogens is 236 g/mol. The van der Waals surface area contributed by atoms with E-state index in [9.17, 15) is 0 Å². The van der Waals surface area contributed by atoms with E-state index in [1.54, 1.807) is 0 Å². The molecule has 0 saturated heterocycles. The second kappa shape index (κ2) is 7.75. The molecule has 4 heteroatoms. The van der Waals surface area contributed by atoms with Crippen LogP contribution in [0.3, 0.4) is 0 Å². The van der Waals surface area contributed by atoms with E-state index in [0.717, 1.165) is 24.3 Å². The van der Waals surface area contributed by atoms with Crippen molar-refractivity contribution in [3.63, 3.8) is 0 Å². The Morgan fingerprint density at radius 2 is 2.16 bits per heavy atom. The quantitative estimate of drug-likeness (QED) is 0.819. The number of hydrogen-bond acceptors (Lipinski definition) is 4. The molecule has 0 amide bonds. The first kappa shape index (κ1) is 15.5. The highest BCUT2D eigenvalue weighted by atomic mass is 15.1. The Morgan fingerprint density at radius 1 is 1.42 bits per heavy atom. The standard InChI is InChI=1S/C15H24N4/c1-5-14(17-6-2)15-8-7-13(11-18-15)19(4)12(3)9-10-16/h7-8,11-12,14,17H,5-6,9H2,1-4H3. The molecule has 0 aromatic carbocycles. The summed E-state index contributed by atoms with van der Waals surface area (Å²) in [6.07, 6.45) is 3.44. The Morgan fingerprint density at radius 3 is 2.63 bits per heavy atom. The second-order valence-electron chi connectivity index (χ2n) is 4.78. The van der Waals surface area contributed by atoms with Crippen LogP contribution in [0.5, 0.6) is 0 Å². The first-order chi connectivity index (χ1) is 9.13. The van der Waals surface area contributed by atoms with Crippen molar-refractivity contribution in [2.75, 3.05) is 18.5 Å². The molecule has 19 heavy (non-hydrogen) atoms. The number of nitrogens with one attached hydrogen (secondary N) is 1. The van der Waals surface area contributed by atoms with Crippen LogP contribution >= 0.6 is 0 Å². The molecular formula is C15H24N4.